The number of hydrogen-bond donors (Lipinski definition) is 2. The highest BCUT2D eigenvalue weighted by Crippen LogP contribution is 2.20. The molecule has 2 rings (SSSR count). The number of nitrogens with one attached hydrogen (secondary N) is 2. The minimum absolute atomic E-state index is 0.154. The van der Waals surface area contributed by atoms with Crippen LogP contribution in [0.15, 0.2) is 53.4 Å². The third kappa shape index (κ3) is 7.45. The summed E-state index contributed by atoms with van der Waals surface area (Å²) in [7, 11) is 0. The molecule has 0 aliphatic carbocycles. The van der Waals surface area contributed by atoms with Gasteiger partial charge in [-0.3, -0.25) is 14.4 Å². The Morgan fingerprint density at radius 1 is 0.963 bits per heavy atom. The molecule has 2 N–H and O–H groups in total. The summed E-state index contributed by atoms with van der Waals surface area (Å²) >= 11 is 0.955. The summed E-state index contributed by atoms with van der Waals surface area (Å²) in [6, 6.07) is 11.1. The van der Waals surface area contributed by atoms with Gasteiger partial charge < -0.3 is 15.4 Å². The van der Waals surface area contributed by atoms with Gasteiger partial charge >= 0.3 is 5.97 Å². The number of rotatable bonds is 8. The van der Waals surface area contributed by atoms with Crippen molar-refractivity contribution in [2.45, 2.75) is 4.90 Å². The van der Waals surface area contributed by atoms with Crippen LogP contribution in [0.5, 0.6) is 0 Å². The van der Waals surface area contributed by atoms with Gasteiger partial charge in [-0.1, -0.05) is 12.1 Å². The van der Waals surface area contributed by atoms with Crippen LogP contribution in [0.4, 0.5) is 14.5 Å². The lowest BCUT2D eigenvalue weighted by molar-refractivity contribution is -0.146. The molecule has 0 saturated carbocycles. The second-order valence-corrected chi connectivity index (χ2v) is 6.23. The standard InChI is InChI=1S/C18H16F2N2O4S/c19-12-5-7-13(8-6-12)22-16(23)9-21-17(24)10-26-18(25)11-27-15-4-2-1-3-14(15)20/h1-8H,9-11H2,(H,21,24)(H,22,23). The van der Waals surface area contributed by atoms with Crippen molar-refractivity contribution in [1.82, 2.24) is 5.32 Å². The molecule has 0 aromatic heterocycles. The molecule has 2 aromatic carbocycles. The lowest BCUT2D eigenvalue weighted by Crippen LogP contribution is -2.35. The average molecular weight is 394 g/mol. The Morgan fingerprint density at radius 2 is 1.67 bits per heavy atom. The van der Waals surface area contributed by atoms with E-state index in [1.165, 1.54) is 42.5 Å². The van der Waals surface area contributed by atoms with Crippen molar-refractivity contribution >= 4 is 35.2 Å². The number of thioether (sulfide) groups is 1. The van der Waals surface area contributed by atoms with Gasteiger partial charge in [0.15, 0.2) is 6.61 Å². The molecule has 6 nitrogen and oxygen atoms in total. The van der Waals surface area contributed by atoms with E-state index in [0.29, 0.717) is 10.6 Å². The molecule has 0 fully saturated rings. The van der Waals surface area contributed by atoms with Crippen LogP contribution in [0.3, 0.4) is 0 Å². The minimum Gasteiger partial charge on any atom is -0.455 e. The highest BCUT2D eigenvalue weighted by atomic mass is 32.2. The molecule has 9 heteroatoms. The van der Waals surface area contributed by atoms with Crippen molar-refractivity contribution in [2.24, 2.45) is 0 Å². The number of halogens is 2. The second-order valence-electron chi connectivity index (χ2n) is 5.21. The molecule has 0 saturated heterocycles. The normalized spacial score (nSPS) is 10.1. The molecule has 2 aromatic rings. The predicted octanol–water partition coefficient (Wildman–Crippen LogP) is 2.36. The van der Waals surface area contributed by atoms with Crippen LogP contribution in [-0.2, 0) is 19.1 Å². The summed E-state index contributed by atoms with van der Waals surface area (Å²) in [6.45, 7) is -0.891. The lowest BCUT2D eigenvalue weighted by atomic mass is 10.3. The van der Waals surface area contributed by atoms with Crippen molar-refractivity contribution in [3.05, 3.63) is 60.2 Å². The number of amides is 2. The summed E-state index contributed by atoms with van der Waals surface area (Å²) in [5.41, 5.74) is 0.382. The maximum atomic E-state index is 13.4. The van der Waals surface area contributed by atoms with Gasteiger partial charge in [0.05, 0.1) is 12.3 Å². The Balaban J connectivity index is 1.63. The molecular formula is C18H16F2N2O4S. The Labute approximate surface area is 158 Å². The molecular weight excluding hydrogens is 378 g/mol. The van der Waals surface area contributed by atoms with E-state index in [2.05, 4.69) is 10.6 Å². The van der Waals surface area contributed by atoms with Crippen molar-refractivity contribution in [2.75, 3.05) is 24.2 Å². The van der Waals surface area contributed by atoms with Crippen molar-refractivity contribution in [1.29, 1.82) is 0 Å². The van der Waals surface area contributed by atoms with E-state index in [1.54, 1.807) is 6.07 Å². The molecule has 27 heavy (non-hydrogen) atoms. The number of ether oxygens (including phenoxy) is 1. The van der Waals surface area contributed by atoms with Gasteiger partial charge in [0.1, 0.15) is 11.6 Å². The Hall–Kier alpha value is -2.94. The van der Waals surface area contributed by atoms with Crippen molar-refractivity contribution in [3.8, 4) is 0 Å². The first-order valence-corrected chi connectivity index (χ1v) is 8.77. The van der Waals surface area contributed by atoms with E-state index in [9.17, 15) is 23.2 Å². The van der Waals surface area contributed by atoms with E-state index in [4.69, 9.17) is 4.74 Å². The smallest absolute Gasteiger partial charge is 0.316 e. The van der Waals surface area contributed by atoms with Gasteiger partial charge in [-0.2, -0.15) is 0 Å². The third-order valence-electron chi connectivity index (χ3n) is 3.12. The summed E-state index contributed by atoms with van der Waals surface area (Å²) < 4.78 is 30.9. The molecule has 0 aliphatic heterocycles. The lowest BCUT2D eigenvalue weighted by Gasteiger charge is -2.08. The number of carbonyl (C=O) groups excluding carboxylic acids is 3. The summed E-state index contributed by atoms with van der Waals surface area (Å²) in [6.07, 6.45) is 0. The molecule has 0 spiro atoms. The van der Waals surface area contributed by atoms with Crippen LogP contribution >= 0.6 is 11.8 Å². The Kier molecular flexibility index (Phi) is 7.75. The van der Waals surface area contributed by atoms with Gasteiger partial charge in [-0.15, -0.1) is 11.8 Å². The number of benzene rings is 2. The highest BCUT2D eigenvalue weighted by molar-refractivity contribution is 8.00. The monoisotopic (exact) mass is 394 g/mol. The van der Waals surface area contributed by atoms with E-state index in [-0.39, 0.29) is 12.3 Å². The molecule has 0 atom stereocenters. The second kappa shape index (κ2) is 10.3. The van der Waals surface area contributed by atoms with Crippen LogP contribution in [0, 0.1) is 11.6 Å². The fourth-order valence-electron chi connectivity index (χ4n) is 1.85. The van der Waals surface area contributed by atoms with Crippen LogP contribution in [0.1, 0.15) is 0 Å². The third-order valence-corrected chi connectivity index (χ3v) is 4.14. The van der Waals surface area contributed by atoms with Gasteiger partial charge in [0.2, 0.25) is 5.91 Å². The molecule has 142 valence electrons. The Morgan fingerprint density at radius 3 is 2.37 bits per heavy atom. The SMILES string of the molecule is O=C(COC(=O)CSc1ccccc1F)NCC(=O)Nc1ccc(F)cc1. The number of esters is 1. The van der Waals surface area contributed by atoms with Crippen molar-refractivity contribution in [3.63, 3.8) is 0 Å². The van der Waals surface area contributed by atoms with E-state index in [1.807, 2.05) is 0 Å². The van der Waals surface area contributed by atoms with E-state index in [0.717, 1.165) is 11.8 Å². The maximum absolute atomic E-state index is 13.4. The topological polar surface area (TPSA) is 84.5 Å². The number of anilines is 1. The molecule has 0 heterocycles. The zero-order chi connectivity index (χ0) is 19.6. The molecule has 0 unspecified atom stereocenters. The summed E-state index contributed by atoms with van der Waals surface area (Å²) in [5, 5.41) is 4.75. The molecule has 0 bridgehead atoms. The first-order chi connectivity index (χ1) is 12.9. The van der Waals surface area contributed by atoms with Gasteiger partial charge in [0.25, 0.3) is 5.91 Å². The fraction of sp³-hybridized carbons (Fsp3) is 0.167. The zero-order valence-electron chi connectivity index (χ0n) is 14.0. The van der Waals surface area contributed by atoms with Crippen LogP contribution < -0.4 is 10.6 Å². The number of carbonyl (C=O) groups is 3. The fourth-order valence-corrected chi connectivity index (χ4v) is 2.59. The quantitative estimate of drug-likeness (QED) is 0.530. The van der Waals surface area contributed by atoms with E-state index < -0.39 is 36.0 Å². The molecule has 0 radical (unpaired) electrons. The van der Waals surface area contributed by atoms with Crippen LogP contribution in [-0.4, -0.2) is 36.7 Å². The molecule has 0 aliphatic rings. The maximum Gasteiger partial charge on any atom is 0.316 e. The zero-order valence-corrected chi connectivity index (χ0v) is 14.9. The van der Waals surface area contributed by atoms with Crippen LogP contribution in [0.25, 0.3) is 0 Å². The first-order valence-electron chi connectivity index (χ1n) is 7.79. The average Bonchev–Trinajstić information content (AvgIpc) is 2.66. The van der Waals surface area contributed by atoms with Gasteiger partial charge in [-0.05, 0) is 36.4 Å². The van der Waals surface area contributed by atoms with Crippen LogP contribution in [0.2, 0.25) is 0 Å². The Bertz CT molecular complexity index is 815. The largest absolute Gasteiger partial charge is 0.455 e. The first kappa shape index (κ1) is 20.4. The number of hydrogen-bond acceptors (Lipinski definition) is 5. The highest BCUT2D eigenvalue weighted by Gasteiger charge is 2.11. The van der Waals surface area contributed by atoms with Gasteiger partial charge in [-0.25, -0.2) is 8.78 Å². The minimum atomic E-state index is -0.686. The van der Waals surface area contributed by atoms with E-state index >= 15 is 0 Å². The summed E-state index contributed by atoms with van der Waals surface area (Å²) in [4.78, 5) is 35.1. The predicted molar refractivity (Wildman–Crippen MR) is 96.1 cm³/mol. The van der Waals surface area contributed by atoms with Gasteiger partial charge in [0, 0.05) is 10.6 Å². The van der Waals surface area contributed by atoms with Crippen molar-refractivity contribution < 1.29 is 27.9 Å². The summed E-state index contributed by atoms with van der Waals surface area (Å²) in [5.74, 6) is -2.89. The molecule has 2 amide bonds.